The SMILES string of the molecule is Cc1ccc(NC(=O)CNC(=O)C2c3ccccc3C(=O)N2C2CC2)c2cccnc12. The summed E-state index contributed by atoms with van der Waals surface area (Å²) < 4.78 is 0. The molecule has 3 aromatic rings. The first-order valence-electron chi connectivity index (χ1n) is 10.4. The molecule has 1 aromatic heterocycles. The van der Waals surface area contributed by atoms with E-state index in [-0.39, 0.29) is 30.3 Å². The quantitative estimate of drug-likeness (QED) is 0.672. The molecule has 1 aliphatic carbocycles. The largest absolute Gasteiger partial charge is 0.345 e. The molecule has 2 aliphatic rings. The monoisotopic (exact) mass is 414 g/mol. The second-order valence-electron chi connectivity index (χ2n) is 8.03. The topological polar surface area (TPSA) is 91.4 Å². The van der Waals surface area contributed by atoms with Crippen molar-refractivity contribution in [2.24, 2.45) is 0 Å². The van der Waals surface area contributed by atoms with Crippen molar-refractivity contribution in [3.8, 4) is 0 Å². The number of aryl methyl sites for hydroxylation is 1. The van der Waals surface area contributed by atoms with E-state index in [9.17, 15) is 14.4 Å². The van der Waals surface area contributed by atoms with Crippen LogP contribution >= 0.6 is 0 Å². The highest BCUT2D eigenvalue weighted by molar-refractivity contribution is 6.06. The van der Waals surface area contributed by atoms with E-state index in [1.165, 1.54) is 0 Å². The van der Waals surface area contributed by atoms with Gasteiger partial charge in [0.15, 0.2) is 0 Å². The maximum absolute atomic E-state index is 13.0. The van der Waals surface area contributed by atoms with Gasteiger partial charge in [-0.3, -0.25) is 19.4 Å². The average Bonchev–Trinajstić information content (AvgIpc) is 3.58. The van der Waals surface area contributed by atoms with Gasteiger partial charge in [0.25, 0.3) is 5.91 Å². The maximum atomic E-state index is 13.0. The Morgan fingerprint density at radius 1 is 1.10 bits per heavy atom. The highest BCUT2D eigenvalue weighted by Crippen LogP contribution is 2.41. The van der Waals surface area contributed by atoms with Gasteiger partial charge in [0.1, 0.15) is 6.04 Å². The molecule has 1 aliphatic heterocycles. The van der Waals surface area contributed by atoms with Crippen LogP contribution in [0.4, 0.5) is 5.69 Å². The summed E-state index contributed by atoms with van der Waals surface area (Å²) in [6.45, 7) is 1.79. The van der Waals surface area contributed by atoms with E-state index in [0.717, 1.165) is 29.3 Å². The third-order valence-corrected chi connectivity index (χ3v) is 5.86. The molecule has 2 heterocycles. The molecule has 2 aromatic carbocycles. The number of carbonyl (C=O) groups excluding carboxylic acids is 3. The van der Waals surface area contributed by atoms with Crippen molar-refractivity contribution < 1.29 is 14.4 Å². The van der Waals surface area contributed by atoms with E-state index < -0.39 is 6.04 Å². The summed E-state index contributed by atoms with van der Waals surface area (Å²) in [5.41, 5.74) is 3.76. The number of anilines is 1. The fourth-order valence-electron chi connectivity index (χ4n) is 4.21. The lowest BCUT2D eigenvalue weighted by atomic mass is 10.0. The van der Waals surface area contributed by atoms with Gasteiger partial charge in [-0.05, 0) is 55.2 Å². The molecule has 1 unspecified atom stereocenters. The molecule has 0 radical (unpaired) electrons. The molecule has 1 fully saturated rings. The van der Waals surface area contributed by atoms with Crippen molar-refractivity contribution in [1.29, 1.82) is 0 Å². The minimum absolute atomic E-state index is 0.0934. The number of aromatic nitrogens is 1. The predicted molar refractivity (Wildman–Crippen MR) is 116 cm³/mol. The van der Waals surface area contributed by atoms with Crippen LogP contribution in [0.2, 0.25) is 0 Å². The molecule has 5 rings (SSSR count). The van der Waals surface area contributed by atoms with Gasteiger partial charge in [0.2, 0.25) is 11.8 Å². The Kier molecular flexibility index (Phi) is 4.66. The van der Waals surface area contributed by atoms with Crippen LogP contribution in [-0.4, -0.2) is 40.2 Å². The van der Waals surface area contributed by atoms with Crippen LogP contribution in [0.15, 0.2) is 54.7 Å². The van der Waals surface area contributed by atoms with Crippen LogP contribution < -0.4 is 10.6 Å². The standard InChI is InChI=1S/C24H22N4O3/c1-14-8-11-19(18-7-4-12-25-21(14)18)27-20(29)13-26-23(30)22-16-5-2-3-6-17(16)24(31)28(22)15-9-10-15/h2-8,11-12,15,22H,9-10,13H2,1H3,(H,26,30)(H,27,29). The Bertz CT molecular complexity index is 1220. The Balaban J connectivity index is 1.30. The van der Waals surface area contributed by atoms with Gasteiger partial charge < -0.3 is 15.5 Å². The van der Waals surface area contributed by atoms with Crippen LogP contribution in [0.3, 0.4) is 0 Å². The van der Waals surface area contributed by atoms with Crippen LogP contribution in [-0.2, 0) is 9.59 Å². The van der Waals surface area contributed by atoms with E-state index in [0.29, 0.717) is 16.8 Å². The number of rotatable bonds is 5. The molecule has 0 bridgehead atoms. The molecule has 7 nitrogen and oxygen atoms in total. The Hall–Kier alpha value is -3.74. The predicted octanol–water partition coefficient (Wildman–Crippen LogP) is 2.96. The normalized spacial score (nSPS) is 17.5. The number of nitrogens with one attached hydrogen (secondary N) is 2. The molecule has 7 heteroatoms. The van der Waals surface area contributed by atoms with Crippen molar-refractivity contribution in [3.05, 3.63) is 71.4 Å². The Morgan fingerprint density at radius 2 is 1.90 bits per heavy atom. The van der Waals surface area contributed by atoms with Gasteiger partial charge in [0.05, 0.1) is 17.7 Å². The van der Waals surface area contributed by atoms with Gasteiger partial charge in [0, 0.05) is 23.2 Å². The molecular weight excluding hydrogens is 392 g/mol. The van der Waals surface area contributed by atoms with Crippen LogP contribution in [0.25, 0.3) is 10.9 Å². The Morgan fingerprint density at radius 3 is 2.71 bits per heavy atom. The molecule has 1 saturated carbocycles. The summed E-state index contributed by atoms with van der Waals surface area (Å²) >= 11 is 0. The second kappa shape index (κ2) is 7.50. The molecule has 2 N–H and O–H groups in total. The summed E-state index contributed by atoms with van der Waals surface area (Å²) in [5.74, 6) is -0.782. The lowest BCUT2D eigenvalue weighted by Crippen LogP contribution is -2.42. The first kappa shape index (κ1) is 19.2. The molecule has 31 heavy (non-hydrogen) atoms. The molecule has 156 valence electrons. The molecule has 1 atom stereocenters. The third kappa shape index (κ3) is 3.42. The molecule has 0 saturated heterocycles. The van der Waals surface area contributed by atoms with Gasteiger partial charge in [-0.2, -0.15) is 0 Å². The van der Waals surface area contributed by atoms with Crippen LogP contribution in [0.1, 0.15) is 40.4 Å². The number of amides is 3. The van der Waals surface area contributed by atoms with Crippen molar-refractivity contribution in [2.75, 3.05) is 11.9 Å². The first-order chi connectivity index (χ1) is 15.0. The molecule has 3 amide bonds. The molecular formula is C24H22N4O3. The van der Waals surface area contributed by atoms with Crippen molar-refractivity contribution >= 4 is 34.3 Å². The zero-order valence-electron chi connectivity index (χ0n) is 17.1. The number of hydrogen-bond donors (Lipinski definition) is 2. The van der Waals surface area contributed by atoms with Gasteiger partial charge in [-0.25, -0.2) is 0 Å². The summed E-state index contributed by atoms with van der Waals surface area (Å²) in [7, 11) is 0. The van der Waals surface area contributed by atoms with Gasteiger partial charge >= 0.3 is 0 Å². The van der Waals surface area contributed by atoms with Crippen molar-refractivity contribution in [1.82, 2.24) is 15.2 Å². The average molecular weight is 414 g/mol. The van der Waals surface area contributed by atoms with Gasteiger partial charge in [-0.1, -0.05) is 24.3 Å². The fourth-order valence-corrected chi connectivity index (χ4v) is 4.21. The second-order valence-corrected chi connectivity index (χ2v) is 8.03. The maximum Gasteiger partial charge on any atom is 0.255 e. The highest BCUT2D eigenvalue weighted by atomic mass is 16.2. The third-order valence-electron chi connectivity index (χ3n) is 5.86. The van der Waals surface area contributed by atoms with Gasteiger partial charge in [-0.15, -0.1) is 0 Å². The van der Waals surface area contributed by atoms with E-state index in [2.05, 4.69) is 15.6 Å². The lowest BCUT2D eigenvalue weighted by Gasteiger charge is -2.24. The van der Waals surface area contributed by atoms with Crippen molar-refractivity contribution in [3.63, 3.8) is 0 Å². The first-order valence-corrected chi connectivity index (χ1v) is 10.4. The minimum atomic E-state index is -0.687. The van der Waals surface area contributed by atoms with E-state index >= 15 is 0 Å². The molecule has 0 spiro atoms. The van der Waals surface area contributed by atoms with E-state index in [1.54, 1.807) is 23.2 Å². The van der Waals surface area contributed by atoms with Crippen molar-refractivity contribution in [2.45, 2.75) is 31.8 Å². The minimum Gasteiger partial charge on any atom is -0.345 e. The summed E-state index contributed by atoms with van der Waals surface area (Å²) in [6.07, 6.45) is 3.52. The summed E-state index contributed by atoms with van der Waals surface area (Å²) in [5, 5.41) is 6.42. The fraction of sp³-hybridized carbons (Fsp3) is 0.250. The number of hydrogen-bond acceptors (Lipinski definition) is 4. The lowest BCUT2D eigenvalue weighted by molar-refractivity contribution is -0.127. The zero-order valence-corrected chi connectivity index (χ0v) is 17.1. The smallest absolute Gasteiger partial charge is 0.255 e. The van der Waals surface area contributed by atoms with E-state index in [4.69, 9.17) is 0 Å². The van der Waals surface area contributed by atoms with Crippen LogP contribution in [0, 0.1) is 6.92 Å². The highest BCUT2D eigenvalue weighted by Gasteiger charge is 2.47. The zero-order chi connectivity index (χ0) is 21.5. The Labute approximate surface area is 179 Å². The van der Waals surface area contributed by atoms with E-state index in [1.807, 2.05) is 43.3 Å². The number of nitrogens with zero attached hydrogens (tertiary/aromatic N) is 2. The number of benzene rings is 2. The number of fused-ring (bicyclic) bond motifs is 2. The summed E-state index contributed by atoms with van der Waals surface area (Å²) in [4.78, 5) is 44.4. The van der Waals surface area contributed by atoms with Crippen LogP contribution in [0.5, 0.6) is 0 Å². The summed E-state index contributed by atoms with van der Waals surface area (Å²) in [6, 6.07) is 14.1. The number of carbonyl (C=O) groups is 3. The number of pyridine rings is 1.